The van der Waals surface area contributed by atoms with Crippen molar-refractivity contribution >= 4 is 5.97 Å². The Bertz CT molecular complexity index is 610. The van der Waals surface area contributed by atoms with E-state index in [0.717, 1.165) is 37.9 Å². The van der Waals surface area contributed by atoms with Crippen LogP contribution in [0.3, 0.4) is 0 Å². The van der Waals surface area contributed by atoms with Crippen LogP contribution >= 0.6 is 0 Å². The molecule has 0 amide bonds. The van der Waals surface area contributed by atoms with E-state index in [9.17, 15) is 4.79 Å². The highest BCUT2D eigenvalue weighted by atomic mass is 16.5. The molecule has 3 nitrogen and oxygen atoms in total. The Kier molecular flexibility index (Phi) is 12.3. The zero-order valence-corrected chi connectivity index (χ0v) is 19.1. The number of carbonyl (C=O) groups excluding carboxylic acids is 1. The summed E-state index contributed by atoms with van der Waals surface area (Å²) in [6, 6.07) is 8.17. The molecule has 1 saturated carbocycles. The molecule has 3 heteroatoms. The summed E-state index contributed by atoms with van der Waals surface area (Å²) in [7, 11) is 0. The Morgan fingerprint density at radius 2 is 1.67 bits per heavy atom. The third-order valence-electron chi connectivity index (χ3n) is 6.14. The molecule has 0 radical (unpaired) electrons. The number of unbranched alkanes of at least 4 members (excludes halogenated alkanes) is 8. The van der Waals surface area contributed by atoms with E-state index in [-0.39, 0.29) is 18.0 Å². The summed E-state index contributed by atoms with van der Waals surface area (Å²) in [5, 5.41) is 0. The van der Waals surface area contributed by atoms with Crippen LogP contribution in [0.25, 0.3) is 0 Å². The predicted molar refractivity (Wildman–Crippen MR) is 125 cm³/mol. The van der Waals surface area contributed by atoms with Crippen LogP contribution in [0.2, 0.25) is 0 Å². The van der Waals surface area contributed by atoms with Crippen molar-refractivity contribution in [3.63, 3.8) is 0 Å². The fourth-order valence-electron chi connectivity index (χ4n) is 4.47. The van der Waals surface area contributed by atoms with Gasteiger partial charge in [0.1, 0.15) is 18.5 Å². The molecule has 2 rings (SSSR count). The summed E-state index contributed by atoms with van der Waals surface area (Å²) in [5.41, 5.74) is 1.17. The van der Waals surface area contributed by atoms with Crippen molar-refractivity contribution < 1.29 is 14.3 Å². The van der Waals surface area contributed by atoms with Crippen molar-refractivity contribution in [1.82, 2.24) is 0 Å². The van der Waals surface area contributed by atoms with E-state index in [1.54, 1.807) is 6.08 Å². The molecule has 0 unspecified atom stereocenters. The first-order chi connectivity index (χ1) is 14.8. The lowest BCUT2D eigenvalue weighted by molar-refractivity contribution is -0.151. The van der Waals surface area contributed by atoms with Gasteiger partial charge in [-0.15, -0.1) is 0 Å². The monoisotopic (exact) mass is 414 g/mol. The van der Waals surface area contributed by atoms with Crippen molar-refractivity contribution in [2.24, 2.45) is 0 Å². The van der Waals surface area contributed by atoms with Crippen molar-refractivity contribution in [2.45, 2.75) is 109 Å². The number of esters is 1. The van der Waals surface area contributed by atoms with Crippen LogP contribution in [0.1, 0.15) is 108 Å². The van der Waals surface area contributed by atoms with E-state index in [4.69, 9.17) is 9.47 Å². The Morgan fingerprint density at radius 3 is 2.40 bits per heavy atom. The molecular weight excluding hydrogens is 372 g/mol. The van der Waals surface area contributed by atoms with Gasteiger partial charge in [0.25, 0.3) is 0 Å². The number of ether oxygens (including phenoxy) is 2. The van der Waals surface area contributed by atoms with Gasteiger partial charge in [-0.2, -0.15) is 0 Å². The maximum absolute atomic E-state index is 12.5. The molecule has 1 aromatic rings. The van der Waals surface area contributed by atoms with Crippen LogP contribution in [0.5, 0.6) is 5.75 Å². The minimum absolute atomic E-state index is 0.0284. The van der Waals surface area contributed by atoms with Gasteiger partial charge >= 0.3 is 5.97 Å². The molecule has 1 fully saturated rings. The van der Waals surface area contributed by atoms with Gasteiger partial charge in [0.05, 0.1) is 0 Å². The number of carbonyl (C=O) groups is 1. The van der Waals surface area contributed by atoms with Crippen LogP contribution in [0.4, 0.5) is 0 Å². The van der Waals surface area contributed by atoms with Gasteiger partial charge in [0.15, 0.2) is 0 Å². The Morgan fingerprint density at radius 1 is 1.00 bits per heavy atom. The SMILES string of the molecule is C=CCOc1ccccc1[C@@H]1CCCC[C@H]1OC(=O)CCCCCCCCCCC. The highest BCUT2D eigenvalue weighted by Gasteiger charge is 2.31. The zero-order chi connectivity index (χ0) is 21.4. The molecule has 30 heavy (non-hydrogen) atoms. The first-order valence-corrected chi connectivity index (χ1v) is 12.3. The lowest BCUT2D eigenvalue weighted by atomic mass is 9.81. The fraction of sp³-hybridized carbons (Fsp3) is 0.667. The average Bonchev–Trinajstić information content (AvgIpc) is 2.77. The predicted octanol–water partition coefficient (Wildman–Crippen LogP) is 7.74. The van der Waals surface area contributed by atoms with Crippen LogP contribution in [-0.2, 0) is 9.53 Å². The van der Waals surface area contributed by atoms with Crippen molar-refractivity contribution in [3.8, 4) is 5.75 Å². The number of hydrogen-bond acceptors (Lipinski definition) is 3. The molecule has 0 spiro atoms. The van der Waals surface area contributed by atoms with Crippen LogP contribution in [-0.4, -0.2) is 18.7 Å². The smallest absolute Gasteiger partial charge is 0.306 e. The normalized spacial score (nSPS) is 18.7. The molecular formula is C27H42O3. The van der Waals surface area contributed by atoms with Crippen molar-refractivity contribution in [1.29, 1.82) is 0 Å². The Labute approximate surface area is 184 Å². The lowest BCUT2D eigenvalue weighted by Crippen LogP contribution is -2.29. The number of rotatable bonds is 15. The molecule has 0 N–H and O–H groups in total. The van der Waals surface area contributed by atoms with Crippen LogP contribution in [0, 0.1) is 0 Å². The summed E-state index contributed by atoms with van der Waals surface area (Å²) in [6.45, 7) is 6.49. The maximum Gasteiger partial charge on any atom is 0.306 e. The van der Waals surface area contributed by atoms with Gasteiger partial charge in [-0.25, -0.2) is 0 Å². The third-order valence-corrected chi connectivity index (χ3v) is 6.14. The van der Waals surface area contributed by atoms with Crippen molar-refractivity contribution in [2.75, 3.05) is 6.61 Å². The second-order valence-corrected chi connectivity index (χ2v) is 8.64. The lowest BCUT2D eigenvalue weighted by Gasteiger charge is -2.32. The highest BCUT2D eigenvalue weighted by molar-refractivity contribution is 5.69. The van der Waals surface area contributed by atoms with Gasteiger partial charge in [0, 0.05) is 17.9 Å². The molecule has 0 saturated heterocycles. The van der Waals surface area contributed by atoms with Crippen LogP contribution < -0.4 is 4.74 Å². The van der Waals surface area contributed by atoms with E-state index < -0.39 is 0 Å². The average molecular weight is 415 g/mol. The van der Waals surface area contributed by atoms with E-state index in [1.165, 1.54) is 56.9 Å². The number of para-hydroxylation sites is 1. The quantitative estimate of drug-likeness (QED) is 0.167. The van der Waals surface area contributed by atoms with Gasteiger partial charge in [-0.3, -0.25) is 4.79 Å². The minimum atomic E-state index is -0.0294. The Hall–Kier alpha value is -1.77. The van der Waals surface area contributed by atoms with E-state index >= 15 is 0 Å². The summed E-state index contributed by atoms with van der Waals surface area (Å²) in [4.78, 5) is 12.5. The molecule has 2 atom stereocenters. The largest absolute Gasteiger partial charge is 0.489 e. The summed E-state index contributed by atoms with van der Waals surface area (Å²) < 4.78 is 11.8. The number of hydrogen-bond donors (Lipinski definition) is 0. The minimum Gasteiger partial charge on any atom is -0.489 e. The van der Waals surface area contributed by atoms with Gasteiger partial charge in [-0.05, 0) is 31.7 Å². The standard InChI is InChI=1S/C27H42O3/c1-3-5-6-7-8-9-10-11-12-21-27(28)30-26-20-16-14-18-24(26)23-17-13-15-19-25(23)29-22-4-2/h4,13,15,17,19,24,26H,2-3,5-12,14,16,18,20-22H2,1H3/t24-,26+/m0/s1. The van der Waals surface area contributed by atoms with E-state index in [2.05, 4.69) is 19.6 Å². The van der Waals surface area contributed by atoms with Crippen LogP contribution in [0.15, 0.2) is 36.9 Å². The molecule has 0 heterocycles. The van der Waals surface area contributed by atoms with Gasteiger partial charge in [0.2, 0.25) is 0 Å². The molecule has 1 aliphatic carbocycles. The summed E-state index contributed by atoms with van der Waals surface area (Å²) >= 11 is 0. The van der Waals surface area contributed by atoms with Gasteiger partial charge in [-0.1, -0.05) is 95.6 Å². The third kappa shape index (κ3) is 8.93. The highest BCUT2D eigenvalue weighted by Crippen LogP contribution is 2.39. The second-order valence-electron chi connectivity index (χ2n) is 8.64. The molecule has 0 bridgehead atoms. The molecule has 1 aliphatic rings. The Balaban J connectivity index is 1.75. The molecule has 1 aromatic carbocycles. The van der Waals surface area contributed by atoms with Gasteiger partial charge < -0.3 is 9.47 Å². The van der Waals surface area contributed by atoms with Crippen molar-refractivity contribution in [3.05, 3.63) is 42.5 Å². The summed E-state index contributed by atoms with van der Waals surface area (Å²) in [6.07, 6.45) is 17.9. The van der Waals surface area contributed by atoms with E-state index in [0.29, 0.717) is 13.0 Å². The topological polar surface area (TPSA) is 35.5 Å². The zero-order valence-electron chi connectivity index (χ0n) is 19.1. The summed E-state index contributed by atoms with van der Waals surface area (Å²) in [5.74, 6) is 1.09. The first kappa shape index (κ1) is 24.5. The maximum atomic E-state index is 12.5. The number of benzene rings is 1. The first-order valence-electron chi connectivity index (χ1n) is 12.3. The molecule has 0 aliphatic heterocycles. The molecule has 0 aromatic heterocycles. The van der Waals surface area contributed by atoms with E-state index in [1.807, 2.05) is 18.2 Å². The molecule has 168 valence electrons. The fourth-order valence-corrected chi connectivity index (χ4v) is 4.47. The second kappa shape index (κ2) is 15.1.